The SMILES string of the molecule is COc1cc2c(cc1Cc1c(C)cc(O)cc1C)[C@H]1CC[C@]3(C)[C@H](O)CC[C@H]3[C@@H]1CC2. The number of aryl methyl sites for hydroxylation is 3. The second-order valence-corrected chi connectivity index (χ2v) is 10.7. The van der Waals surface area contributed by atoms with Crippen molar-refractivity contribution in [3.63, 3.8) is 0 Å². The van der Waals surface area contributed by atoms with E-state index in [0.29, 0.717) is 23.5 Å². The zero-order valence-electron chi connectivity index (χ0n) is 19.4. The van der Waals surface area contributed by atoms with Crippen LogP contribution in [-0.2, 0) is 12.8 Å². The number of rotatable bonds is 3. The van der Waals surface area contributed by atoms with Crippen LogP contribution in [0.2, 0.25) is 0 Å². The van der Waals surface area contributed by atoms with E-state index in [4.69, 9.17) is 4.74 Å². The highest BCUT2D eigenvalue weighted by atomic mass is 16.5. The Bertz CT molecular complexity index is 987. The average Bonchev–Trinajstić information content (AvgIpc) is 3.04. The van der Waals surface area contributed by atoms with Crippen LogP contribution in [0, 0.1) is 31.1 Å². The second kappa shape index (κ2) is 7.55. The number of phenolic OH excluding ortho intramolecular Hbond substituents is 1. The van der Waals surface area contributed by atoms with E-state index in [1.807, 2.05) is 12.1 Å². The van der Waals surface area contributed by atoms with E-state index in [0.717, 1.165) is 42.6 Å². The van der Waals surface area contributed by atoms with E-state index in [2.05, 4.69) is 32.9 Å². The van der Waals surface area contributed by atoms with Crippen LogP contribution < -0.4 is 4.74 Å². The molecule has 0 amide bonds. The molecule has 3 aliphatic carbocycles. The summed E-state index contributed by atoms with van der Waals surface area (Å²) in [7, 11) is 1.78. The summed E-state index contributed by atoms with van der Waals surface area (Å²) in [5.74, 6) is 3.28. The highest BCUT2D eigenvalue weighted by molar-refractivity contribution is 5.50. The Balaban J connectivity index is 1.52. The molecule has 166 valence electrons. The molecule has 0 aliphatic heterocycles. The van der Waals surface area contributed by atoms with Gasteiger partial charge in [0.15, 0.2) is 0 Å². The van der Waals surface area contributed by atoms with Crippen LogP contribution in [0.3, 0.4) is 0 Å². The minimum absolute atomic E-state index is 0.119. The summed E-state index contributed by atoms with van der Waals surface area (Å²) >= 11 is 0. The number of methoxy groups -OCH3 is 1. The van der Waals surface area contributed by atoms with Crippen molar-refractivity contribution in [2.45, 2.75) is 77.7 Å². The molecule has 0 heterocycles. The molecule has 0 radical (unpaired) electrons. The van der Waals surface area contributed by atoms with Crippen molar-refractivity contribution < 1.29 is 14.9 Å². The number of hydrogen-bond donors (Lipinski definition) is 2. The van der Waals surface area contributed by atoms with Gasteiger partial charge >= 0.3 is 0 Å². The van der Waals surface area contributed by atoms with Crippen LogP contribution in [0.15, 0.2) is 24.3 Å². The van der Waals surface area contributed by atoms with Crippen LogP contribution >= 0.6 is 0 Å². The van der Waals surface area contributed by atoms with E-state index in [9.17, 15) is 10.2 Å². The van der Waals surface area contributed by atoms with Crippen molar-refractivity contribution in [2.24, 2.45) is 17.3 Å². The van der Waals surface area contributed by atoms with Crippen molar-refractivity contribution in [2.75, 3.05) is 7.11 Å². The normalized spacial score (nSPS) is 31.6. The third kappa shape index (κ3) is 3.28. The molecule has 0 unspecified atom stereocenters. The molecule has 0 aromatic heterocycles. The summed E-state index contributed by atoms with van der Waals surface area (Å²) in [6.07, 6.45) is 7.55. The Labute approximate surface area is 186 Å². The summed E-state index contributed by atoms with van der Waals surface area (Å²) in [5, 5.41) is 20.6. The first-order valence-electron chi connectivity index (χ1n) is 12.0. The van der Waals surface area contributed by atoms with Gasteiger partial charge < -0.3 is 14.9 Å². The Morgan fingerprint density at radius 2 is 1.77 bits per heavy atom. The fourth-order valence-electron chi connectivity index (χ4n) is 7.39. The highest BCUT2D eigenvalue weighted by Gasteiger charge is 2.54. The van der Waals surface area contributed by atoms with Crippen LogP contribution in [0.5, 0.6) is 11.5 Å². The number of ether oxygens (including phenoxy) is 1. The van der Waals surface area contributed by atoms with E-state index in [-0.39, 0.29) is 11.5 Å². The predicted octanol–water partition coefficient (Wildman–Crippen LogP) is 5.83. The first-order valence-corrected chi connectivity index (χ1v) is 12.0. The molecule has 0 saturated heterocycles. The van der Waals surface area contributed by atoms with Gasteiger partial charge in [-0.1, -0.05) is 13.0 Å². The van der Waals surface area contributed by atoms with Crippen molar-refractivity contribution in [3.8, 4) is 11.5 Å². The number of aromatic hydroxyl groups is 1. The van der Waals surface area contributed by atoms with Gasteiger partial charge in [-0.15, -0.1) is 0 Å². The van der Waals surface area contributed by atoms with Gasteiger partial charge in [0.2, 0.25) is 0 Å². The van der Waals surface area contributed by atoms with Gasteiger partial charge in [-0.05, 0) is 127 Å². The van der Waals surface area contributed by atoms with E-state index in [1.165, 1.54) is 41.5 Å². The van der Waals surface area contributed by atoms with Gasteiger partial charge in [0.25, 0.3) is 0 Å². The summed E-state index contributed by atoms with van der Waals surface area (Å²) in [5.41, 5.74) is 7.89. The standard InChI is InChI=1S/C28H36O3/c1-16-11-20(29)12-17(2)23(16)13-19-14-24-18(15-26(19)31-4)5-6-22-21(24)9-10-28(3)25(22)7-8-27(28)30/h11-12,14-15,21-22,25,27,29-30H,5-10,13H2,1-4H3/t21-,22+,25-,27+,28-/m0/s1. The smallest absolute Gasteiger partial charge is 0.122 e. The van der Waals surface area contributed by atoms with Crippen molar-refractivity contribution in [1.29, 1.82) is 0 Å². The molecule has 5 atom stereocenters. The number of aliphatic hydroxyl groups excluding tert-OH is 1. The lowest BCUT2D eigenvalue weighted by atomic mass is 9.55. The van der Waals surface area contributed by atoms with E-state index >= 15 is 0 Å². The molecule has 31 heavy (non-hydrogen) atoms. The first kappa shape index (κ1) is 20.9. The molecular weight excluding hydrogens is 384 g/mol. The van der Waals surface area contributed by atoms with Gasteiger partial charge in [0.1, 0.15) is 11.5 Å². The van der Waals surface area contributed by atoms with Gasteiger partial charge in [-0.25, -0.2) is 0 Å². The van der Waals surface area contributed by atoms with Crippen LogP contribution in [0.25, 0.3) is 0 Å². The van der Waals surface area contributed by atoms with Crippen molar-refractivity contribution in [3.05, 3.63) is 57.6 Å². The molecule has 5 rings (SSSR count). The minimum Gasteiger partial charge on any atom is -0.508 e. The molecule has 3 heteroatoms. The van der Waals surface area contributed by atoms with Gasteiger partial charge in [-0.2, -0.15) is 0 Å². The average molecular weight is 421 g/mol. The Hall–Kier alpha value is -2.00. The summed E-state index contributed by atoms with van der Waals surface area (Å²) < 4.78 is 5.84. The molecule has 2 N–H and O–H groups in total. The first-order chi connectivity index (χ1) is 14.8. The van der Waals surface area contributed by atoms with E-state index in [1.54, 1.807) is 7.11 Å². The van der Waals surface area contributed by atoms with Crippen LogP contribution in [-0.4, -0.2) is 23.4 Å². The number of hydrogen-bond acceptors (Lipinski definition) is 3. The molecule has 2 fully saturated rings. The van der Waals surface area contributed by atoms with Crippen molar-refractivity contribution >= 4 is 0 Å². The molecule has 2 aromatic rings. The summed E-state index contributed by atoms with van der Waals surface area (Å²) in [6, 6.07) is 8.45. The van der Waals surface area contributed by atoms with Gasteiger partial charge in [0.05, 0.1) is 13.2 Å². The summed E-state index contributed by atoms with van der Waals surface area (Å²) in [6.45, 7) is 6.50. The third-order valence-electron chi connectivity index (χ3n) is 9.12. The molecular formula is C28H36O3. The lowest BCUT2D eigenvalue weighted by Crippen LogP contribution is -2.43. The maximum Gasteiger partial charge on any atom is 0.122 e. The maximum absolute atomic E-state index is 10.7. The lowest BCUT2D eigenvalue weighted by Gasteiger charge is -2.50. The molecule has 3 aliphatic rings. The number of benzene rings is 2. The second-order valence-electron chi connectivity index (χ2n) is 10.7. The molecule has 2 saturated carbocycles. The van der Waals surface area contributed by atoms with E-state index < -0.39 is 0 Å². The van der Waals surface area contributed by atoms with Crippen LogP contribution in [0.4, 0.5) is 0 Å². The molecule has 2 aromatic carbocycles. The Morgan fingerprint density at radius 3 is 2.48 bits per heavy atom. The zero-order valence-corrected chi connectivity index (χ0v) is 19.4. The molecule has 0 bridgehead atoms. The predicted molar refractivity (Wildman–Crippen MR) is 124 cm³/mol. The van der Waals surface area contributed by atoms with Gasteiger partial charge in [0, 0.05) is 6.42 Å². The fraction of sp³-hybridized carbons (Fsp3) is 0.571. The van der Waals surface area contributed by atoms with Gasteiger partial charge in [-0.3, -0.25) is 0 Å². The lowest BCUT2D eigenvalue weighted by molar-refractivity contribution is -0.0226. The summed E-state index contributed by atoms with van der Waals surface area (Å²) in [4.78, 5) is 0. The molecule has 0 spiro atoms. The fourth-order valence-corrected chi connectivity index (χ4v) is 7.39. The topological polar surface area (TPSA) is 49.7 Å². The number of aliphatic hydroxyl groups is 1. The number of fused-ring (bicyclic) bond motifs is 5. The Kier molecular flexibility index (Phi) is 5.08. The van der Waals surface area contributed by atoms with Crippen LogP contribution in [0.1, 0.15) is 78.3 Å². The monoisotopic (exact) mass is 420 g/mol. The minimum atomic E-state index is -0.119. The number of phenols is 1. The Morgan fingerprint density at radius 1 is 1.03 bits per heavy atom. The van der Waals surface area contributed by atoms with Crippen molar-refractivity contribution in [1.82, 2.24) is 0 Å². The third-order valence-corrected chi connectivity index (χ3v) is 9.12. The zero-order chi connectivity index (χ0) is 21.9. The largest absolute Gasteiger partial charge is 0.508 e. The highest BCUT2D eigenvalue weighted by Crippen LogP contribution is 2.61. The quantitative estimate of drug-likeness (QED) is 0.657. The molecule has 3 nitrogen and oxygen atoms in total. The maximum atomic E-state index is 10.7.